The number of rotatable bonds is 6. The molecule has 0 saturated heterocycles. The standard InChI is InChI=1S/C22H22F2N2O.ClH/c23-16-6-4-15(5-7-16)22(27)3-1-2-11-26-12-10-21-19(14-26)18-13-17(24)8-9-20(18)25-21;/h4-9,13,25H,1-3,10-12,14H2;1H. The van der Waals surface area contributed by atoms with Crippen LogP contribution in [0.15, 0.2) is 42.5 Å². The second-order valence-corrected chi connectivity index (χ2v) is 7.19. The van der Waals surface area contributed by atoms with Crippen LogP contribution in [0.5, 0.6) is 0 Å². The number of benzene rings is 2. The molecule has 28 heavy (non-hydrogen) atoms. The van der Waals surface area contributed by atoms with Gasteiger partial charge in [-0.25, -0.2) is 8.78 Å². The van der Waals surface area contributed by atoms with Gasteiger partial charge in [-0.15, -0.1) is 12.4 Å². The minimum atomic E-state index is -0.326. The number of aromatic nitrogens is 1. The summed E-state index contributed by atoms with van der Waals surface area (Å²) < 4.78 is 26.5. The van der Waals surface area contributed by atoms with Crippen LogP contribution in [-0.4, -0.2) is 28.8 Å². The fourth-order valence-electron chi connectivity index (χ4n) is 3.83. The Balaban J connectivity index is 0.00000225. The molecule has 0 saturated carbocycles. The fraction of sp³-hybridized carbons (Fsp3) is 0.318. The van der Waals surface area contributed by atoms with Crippen molar-refractivity contribution in [2.24, 2.45) is 0 Å². The molecule has 1 N–H and O–H groups in total. The van der Waals surface area contributed by atoms with Crippen LogP contribution >= 0.6 is 12.4 Å². The first-order chi connectivity index (χ1) is 13.1. The van der Waals surface area contributed by atoms with E-state index in [1.807, 2.05) is 0 Å². The number of aromatic amines is 1. The summed E-state index contributed by atoms with van der Waals surface area (Å²) >= 11 is 0. The Morgan fingerprint density at radius 2 is 1.79 bits per heavy atom. The molecule has 0 atom stereocenters. The van der Waals surface area contributed by atoms with Crippen molar-refractivity contribution in [2.45, 2.75) is 32.2 Å². The van der Waals surface area contributed by atoms with Gasteiger partial charge in [0.2, 0.25) is 0 Å². The second-order valence-electron chi connectivity index (χ2n) is 7.19. The van der Waals surface area contributed by atoms with Gasteiger partial charge in [-0.05, 0) is 67.4 Å². The third-order valence-electron chi connectivity index (χ3n) is 5.31. The molecule has 1 aliphatic heterocycles. The highest BCUT2D eigenvalue weighted by molar-refractivity contribution is 5.95. The van der Waals surface area contributed by atoms with E-state index in [-0.39, 0.29) is 29.8 Å². The first kappa shape index (κ1) is 20.5. The average molecular weight is 405 g/mol. The van der Waals surface area contributed by atoms with Crippen molar-refractivity contribution in [3.8, 4) is 0 Å². The maximum atomic E-state index is 13.6. The molecule has 1 aliphatic rings. The first-order valence-electron chi connectivity index (χ1n) is 9.40. The van der Waals surface area contributed by atoms with E-state index in [9.17, 15) is 13.6 Å². The molecule has 0 aliphatic carbocycles. The SMILES string of the molecule is Cl.O=C(CCCCN1CCc2[nH]c3ccc(F)cc3c2C1)c1ccc(F)cc1. The highest BCUT2D eigenvalue weighted by atomic mass is 35.5. The number of hydrogen-bond acceptors (Lipinski definition) is 2. The van der Waals surface area contributed by atoms with Gasteiger partial charge in [0, 0.05) is 48.1 Å². The van der Waals surface area contributed by atoms with Crippen molar-refractivity contribution >= 4 is 29.1 Å². The number of unbranched alkanes of at least 4 members (excludes halogenated alkanes) is 1. The fourth-order valence-corrected chi connectivity index (χ4v) is 3.83. The Hall–Kier alpha value is -2.24. The van der Waals surface area contributed by atoms with Crippen LogP contribution in [-0.2, 0) is 13.0 Å². The minimum Gasteiger partial charge on any atom is -0.358 e. The molecule has 0 spiro atoms. The highest BCUT2D eigenvalue weighted by Crippen LogP contribution is 2.28. The Labute approximate surface area is 169 Å². The van der Waals surface area contributed by atoms with E-state index in [1.54, 1.807) is 24.3 Å². The molecule has 6 heteroatoms. The molecule has 2 heterocycles. The minimum absolute atomic E-state index is 0. The topological polar surface area (TPSA) is 36.1 Å². The summed E-state index contributed by atoms with van der Waals surface area (Å²) in [4.78, 5) is 17.9. The summed E-state index contributed by atoms with van der Waals surface area (Å²) in [5.41, 5.74) is 3.96. The summed E-state index contributed by atoms with van der Waals surface area (Å²) in [6.07, 6.45) is 3.14. The number of halogens is 3. The van der Waals surface area contributed by atoms with Crippen molar-refractivity contribution in [2.75, 3.05) is 13.1 Å². The molecular formula is C22H23ClF2N2O. The third-order valence-corrected chi connectivity index (χ3v) is 5.31. The zero-order valence-electron chi connectivity index (χ0n) is 15.5. The summed E-state index contributed by atoms with van der Waals surface area (Å²) in [6.45, 7) is 2.69. The van der Waals surface area contributed by atoms with Gasteiger partial charge in [0.1, 0.15) is 11.6 Å². The molecule has 148 valence electrons. The van der Waals surface area contributed by atoms with Crippen LogP contribution in [0.2, 0.25) is 0 Å². The Bertz CT molecular complexity index is 969. The monoisotopic (exact) mass is 404 g/mol. The summed E-state index contributed by atoms with van der Waals surface area (Å²) in [5.74, 6) is -0.475. The van der Waals surface area contributed by atoms with Gasteiger partial charge in [0.25, 0.3) is 0 Å². The number of carbonyl (C=O) groups is 1. The normalized spacial score (nSPS) is 13.9. The zero-order chi connectivity index (χ0) is 18.8. The molecule has 3 nitrogen and oxygen atoms in total. The number of carbonyl (C=O) groups excluding carboxylic acids is 1. The van der Waals surface area contributed by atoms with Gasteiger partial charge in [-0.3, -0.25) is 9.69 Å². The third kappa shape index (κ3) is 4.42. The summed E-state index contributed by atoms with van der Waals surface area (Å²) in [6, 6.07) is 10.6. The first-order valence-corrected chi connectivity index (χ1v) is 9.40. The van der Waals surface area contributed by atoms with E-state index < -0.39 is 0 Å². The molecule has 0 bridgehead atoms. The second kappa shape index (κ2) is 8.84. The quantitative estimate of drug-likeness (QED) is 0.448. The van der Waals surface area contributed by atoms with E-state index in [0.717, 1.165) is 49.8 Å². The lowest BCUT2D eigenvalue weighted by Crippen LogP contribution is -2.31. The lowest BCUT2D eigenvalue weighted by Gasteiger charge is -2.27. The molecular weight excluding hydrogens is 382 g/mol. The molecule has 1 aromatic heterocycles. The Morgan fingerprint density at radius 1 is 1.04 bits per heavy atom. The van der Waals surface area contributed by atoms with Gasteiger partial charge < -0.3 is 4.98 Å². The van der Waals surface area contributed by atoms with Crippen molar-refractivity contribution in [1.82, 2.24) is 9.88 Å². The van der Waals surface area contributed by atoms with Crippen LogP contribution in [0.3, 0.4) is 0 Å². The summed E-state index contributed by atoms with van der Waals surface area (Å²) in [7, 11) is 0. The molecule has 0 fully saturated rings. The van der Waals surface area contributed by atoms with Gasteiger partial charge in [-0.2, -0.15) is 0 Å². The van der Waals surface area contributed by atoms with Crippen LogP contribution in [0.25, 0.3) is 10.9 Å². The number of nitrogens with zero attached hydrogens (tertiary/aromatic N) is 1. The average Bonchev–Trinajstić information content (AvgIpc) is 3.03. The lowest BCUT2D eigenvalue weighted by atomic mass is 10.0. The van der Waals surface area contributed by atoms with E-state index in [4.69, 9.17) is 0 Å². The van der Waals surface area contributed by atoms with Crippen LogP contribution in [0.1, 0.15) is 40.9 Å². The number of fused-ring (bicyclic) bond motifs is 3. The van der Waals surface area contributed by atoms with Gasteiger partial charge in [0.15, 0.2) is 5.78 Å². The van der Waals surface area contributed by atoms with E-state index in [2.05, 4.69) is 9.88 Å². The van der Waals surface area contributed by atoms with Gasteiger partial charge in [0.05, 0.1) is 0 Å². The lowest BCUT2D eigenvalue weighted by molar-refractivity contribution is 0.0977. The van der Waals surface area contributed by atoms with Gasteiger partial charge in [-0.1, -0.05) is 0 Å². The molecule has 4 rings (SSSR count). The highest BCUT2D eigenvalue weighted by Gasteiger charge is 2.20. The predicted octanol–water partition coefficient (Wildman–Crippen LogP) is 5.28. The van der Waals surface area contributed by atoms with Crippen molar-refractivity contribution in [3.63, 3.8) is 0 Å². The maximum Gasteiger partial charge on any atom is 0.162 e. The molecule has 0 amide bonds. The molecule has 0 radical (unpaired) electrons. The van der Waals surface area contributed by atoms with Crippen LogP contribution in [0.4, 0.5) is 8.78 Å². The largest absolute Gasteiger partial charge is 0.358 e. The molecule has 2 aromatic carbocycles. The Morgan fingerprint density at radius 3 is 2.57 bits per heavy atom. The predicted molar refractivity (Wildman–Crippen MR) is 109 cm³/mol. The maximum absolute atomic E-state index is 13.6. The van der Waals surface area contributed by atoms with E-state index in [0.29, 0.717) is 12.0 Å². The van der Waals surface area contributed by atoms with Crippen molar-refractivity contribution in [3.05, 3.63) is 70.9 Å². The Kier molecular flexibility index (Phi) is 6.47. The van der Waals surface area contributed by atoms with Gasteiger partial charge >= 0.3 is 0 Å². The molecule has 0 unspecified atom stereocenters. The van der Waals surface area contributed by atoms with E-state index in [1.165, 1.54) is 29.5 Å². The van der Waals surface area contributed by atoms with Crippen molar-refractivity contribution in [1.29, 1.82) is 0 Å². The molecule has 3 aromatic rings. The number of nitrogens with one attached hydrogen (secondary N) is 1. The van der Waals surface area contributed by atoms with Crippen LogP contribution < -0.4 is 0 Å². The number of ketones is 1. The number of Topliss-reactive ketones (excluding diaryl/α,β-unsaturated/α-hetero) is 1. The van der Waals surface area contributed by atoms with Crippen LogP contribution in [0, 0.1) is 11.6 Å². The van der Waals surface area contributed by atoms with Crippen molar-refractivity contribution < 1.29 is 13.6 Å². The summed E-state index contributed by atoms with van der Waals surface area (Å²) in [5, 5.41) is 0.973. The van der Waals surface area contributed by atoms with E-state index >= 15 is 0 Å². The zero-order valence-corrected chi connectivity index (χ0v) is 16.3. The number of H-pyrrole nitrogens is 1. The smallest absolute Gasteiger partial charge is 0.162 e. The number of hydrogen-bond donors (Lipinski definition) is 1.